The number of nitrogens with zero attached hydrogens (tertiary/aromatic N) is 5. The Hall–Kier alpha value is -2.57. The maximum Gasteiger partial charge on any atom is 0.227 e. The van der Waals surface area contributed by atoms with Gasteiger partial charge in [-0.15, -0.1) is 0 Å². The van der Waals surface area contributed by atoms with Crippen LogP contribution in [-0.4, -0.2) is 40.5 Å². The Labute approximate surface area is 133 Å². The first-order valence-corrected chi connectivity index (χ1v) is 7.58. The van der Waals surface area contributed by atoms with Gasteiger partial charge in [0.25, 0.3) is 0 Å². The number of carbonyl (C=O) groups is 1. The lowest BCUT2D eigenvalue weighted by Gasteiger charge is -2.24. The summed E-state index contributed by atoms with van der Waals surface area (Å²) in [6.07, 6.45) is 7.18. The van der Waals surface area contributed by atoms with Crippen LogP contribution in [0.1, 0.15) is 12.8 Å². The van der Waals surface area contributed by atoms with Gasteiger partial charge >= 0.3 is 0 Å². The molecule has 7 heteroatoms. The second-order valence-corrected chi connectivity index (χ2v) is 6.24. The number of pyridine rings is 1. The zero-order chi connectivity index (χ0) is 15.9. The van der Waals surface area contributed by atoms with Crippen molar-refractivity contribution in [2.75, 3.05) is 29.4 Å². The number of amides is 1. The van der Waals surface area contributed by atoms with E-state index in [2.05, 4.69) is 15.0 Å². The van der Waals surface area contributed by atoms with Crippen molar-refractivity contribution in [3.63, 3.8) is 0 Å². The number of carbonyl (C=O) groups excluding carboxylic acids is 1. The van der Waals surface area contributed by atoms with E-state index in [1.54, 1.807) is 12.4 Å². The Kier molecular flexibility index (Phi) is 3.21. The van der Waals surface area contributed by atoms with E-state index >= 15 is 0 Å². The van der Waals surface area contributed by atoms with Crippen molar-refractivity contribution in [2.24, 2.45) is 5.41 Å². The first kappa shape index (κ1) is 14.0. The molecule has 0 radical (unpaired) electrons. The third-order valence-corrected chi connectivity index (χ3v) is 4.61. The quantitative estimate of drug-likeness (QED) is 0.843. The van der Waals surface area contributed by atoms with Crippen molar-refractivity contribution in [3.05, 3.63) is 42.7 Å². The van der Waals surface area contributed by atoms with E-state index in [1.807, 2.05) is 21.9 Å². The number of aromatic nitrogens is 3. The molecule has 0 aromatic carbocycles. The zero-order valence-corrected chi connectivity index (χ0v) is 12.5. The second-order valence-electron chi connectivity index (χ2n) is 6.24. The minimum Gasteiger partial charge on any atom is -0.340 e. The highest BCUT2D eigenvalue weighted by Crippen LogP contribution is 2.42. The van der Waals surface area contributed by atoms with Crippen LogP contribution in [0.3, 0.4) is 0 Å². The van der Waals surface area contributed by atoms with Gasteiger partial charge < -0.3 is 9.80 Å². The lowest BCUT2D eigenvalue weighted by molar-refractivity contribution is -0.117. The van der Waals surface area contributed by atoms with Crippen LogP contribution in [-0.2, 0) is 4.79 Å². The molecule has 2 aliphatic rings. The normalized spacial score (nSPS) is 24.0. The number of anilines is 2. The molecule has 2 aliphatic heterocycles. The third-order valence-electron chi connectivity index (χ3n) is 4.61. The van der Waals surface area contributed by atoms with Gasteiger partial charge in [-0.2, -0.15) is 0 Å². The van der Waals surface area contributed by atoms with E-state index in [9.17, 15) is 9.18 Å². The molecule has 4 heterocycles. The summed E-state index contributed by atoms with van der Waals surface area (Å²) in [4.78, 5) is 28.4. The molecule has 0 saturated carbocycles. The van der Waals surface area contributed by atoms with Gasteiger partial charge in [-0.1, -0.05) is 0 Å². The molecule has 1 amide bonds. The molecular weight excluding hydrogens is 297 g/mol. The van der Waals surface area contributed by atoms with E-state index in [-0.39, 0.29) is 11.3 Å². The molecule has 2 saturated heterocycles. The highest BCUT2D eigenvalue weighted by atomic mass is 19.1. The molecule has 1 atom stereocenters. The molecular formula is C16H16FN5O. The molecule has 23 heavy (non-hydrogen) atoms. The van der Waals surface area contributed by atoms with E-state index < -0.39 is 5.82 Å². The third kappa shape index (κ3) is 2.52. The van der Waals surface area contributed by atoms with Gasteiger partial charge in [0.2, 0.25) is 11.9 Å². The van der Waals surface area contributed by atoms with Crippen molar-refractivity contribution in [2.45, 2.75) is 12.8 Å². The van der Waals surface area contributed by atoms with Crippen LogP contribution in [0, 0.1) is 11.2 Å². The maximum absolute atomic E-state index is 13.0. The van der Waals surface area contributed by atoms with Gasteiger partial charge in [-0.05, 0) is 18.6 Å². The molecule has 0 aliphatic carbocycles. The van der Waals surface area contributed by atoms with Crippen LogP contribution in [0.15, 0.2) is 36.9 Å². The monoisotopic (exact) mass is 313 g/mol. The maximum atomic E-state index is 13.0. The Morgan fingerprint density at radius 1 is 1.17 bits per heavy atom. The summed E-state index contributed by atoms with van der Waals surface area (Å²) in [5, 5.41) is 0. The fraction of sp³-hybridized carbons (Fsp3) is 0.375. The van der Waals surface area contributed by atoms with Gasteiger partial charge in [0.05, 0.1) is 24.3 Å². The van der Waals surface area contributed by atoms with Gasteiger partial charge in [0.15, 0.2) is 5.82 Å². The lowest BCUT2D eigenvalue weighted by Crippen LogP contribution is -2.31. The number of hydrogen-bond acceptors (Lipinski definition) is 5. The Morgan fingerprint density at radius 3 is 2.74 bits per heavy atom. The fourth-order valence-corrected chi connectivity index (χ4v) is 3.49. The minimum atomic E-state index is -0.443. The van der Waals surface area contributed by atoms with E-state index in [4.69, 9.17) is 0 Å². The summed E-state index contributed by atoms with van der Waals surface area (Å²) in [6.45, 7) is 2.16. The lowest BCUT2D eigenvalue weighted by atomic mass is 9.86. The standard InChI is InChI=1S/C16H16FN5O/c17-12-7-19-15(20-8-12)21-5-3-16(10-21)6-14(23)22(11-16)13-2-1-4-18-9-13/h1-2,4,7-9H,3,5-6,10-11H2. The van der Waals surface area contributed by atoms with Crippen LogP contribution >= 0.6 is 0 Å². The summed E-state index contributed by atoms with van der Waals surface area (Å²) in [7, 11) is 0. The van der Waals surface area contributed by atoms with Crippen molar-refractivity contribution >= 4 is 17.5 Å². The summed E-state index contributed by atoms with van der Waals surface area (Å²) in [5.74, 6) is 0.205. The summed E-state index contributed by atoms with van der Waals surface area (Å²) in [5.41, 5.74) is 0.746. The molecule has 2 fully saturated rings. The topological polar surface area (TPSA) is 62.2 Å². The zero-order valence-electron chi connectivity index (χ0n) is 12.5. The number of rotatable bonds is 2. The summed E-state index contributed by atoms with van der Waals surface area (Å²) < 4.78 is 13.0. The van der Waals surface area contributed by atoms with Crippen LogP contribution in [0.4, 0.5) is 16.0 Å². The van der Waals surface area contributed by atoms with E-state index in [1.165, 1.54) is 12.4 Å². The Bertz CT molecular complexity index is 723. The molecule has 1 unspecified atom stereocenters. The second kappa shape index (κ2) is 5.26. The first-order valence-electron chi connectivity index (χ1n) is 7.58. The average Bonchev–Trinajstić information content (AvgIpc) is 3.12. The number of halogens is 1. The average molecular weight is 313 g/mol. The first-order chi connectivity index (χ1) is 11.2. The molecule has 1 spiro atoms. The number of hydrogen-bond donors (Lipinski definition) is 0. The molecule has 0 bridgehead atoms. The van der Waals surface area contributed by atoms with Crippen LogP contribution in [0.5, 0.6) is 0 Å². The van der Waals surface area contributed by atoms with E-state index in [0.29, 0.717) is 25.5 Å². The summed E-state index contributed by atoms with van der Waals surface area (Å²) in [6, 6.07) is 3.74. The molecule has 2 aromatic heterocycles. The van der Waals surface area contributed by atoms with Crippen LogP contribution < -0.4 is 9.80 Å². The van der Waals surface area contributed by atoms with Crippen molar-refractivity contribution in [3.8, 4) is 0 Å². The highest BCUT2D eigenvalue weighted by molar-refractivity contribution is 5.96. The Balaban J connectivity index is 1.52. The van der Waals surface area contributed by atoms with E-state index in [0.717, 1.165) is 18.7 Å². The smallest absolute Gasteiger partial charge is 0.227 e. The molecule has 4 rings (SSSR count). The molecule has 0 N–H and O–H groups in total. The minimum absolute atomic E-state index is 0.0926. The predicted octanol–water partition coefficient (Wildman–Crippen LogP) is 1.64. The van der Waals surface area contributed by atoms with Crippen molar-refractivity contribution < 1.29 is 9.18 Å². The van der Waals surface area contributed by atoms with Gasteiger partial charge in [0, 0.05) is 37.7 Å². The van der Waals surface area contributed by atoms with Gasteiger partial charge in [-0.25, -0.2) is 14.4 Å². The molecule has 6 nitrogen and oxygen atoms in total. The van der Waals surface area contributed by atoms with Gasteiger partial charge in [-0.3, -0.25) is 9.78 Å². The fourth-order valence-electron chi connectivity index (χ4n) is 3.49. The SMILES string of the molecule is O=C1CC2(CCN(c3ncc(F)cn3)C2)CN1c1cccnc1. The predicted molar refractivity (Wildman–Crippen MR) is 82.5 cm³/mol. The Morgan fingerprint density at radius 2 is 2.00 bits per heavy atom. The molecule has 118 valence electrons. The van der Waals surface area contributed by atoms with Crippen LogP contribution in [0.2, 0.25) is 0 Å². The largest absolute Gasteiger partial charge is 0.340 e. The van der Waals surface area contributed by atoms with Crippen LogP contribution in [0.25, 0.3) is 0 Å². The summed E-state index contributed by atoms with van der Waals surface area (Å²) >= 11 is 0. The highest BCUT2D eigenvalue weighted by Gasteiger charge is 2.48. The van der Waals surface area contributed by atoms with Gasteiger partial charge in [0.1, 0.15) is 0 Å². The van der Waals surface area contributed by atoms with Crippen molar-refractivity contribution in [1.82, 2.24) is 15.0 Å². The van der Waals surface area contributed by atoms with Crippen molar-refractivity contribution in [1.29, 1.82) is 0 Å². The molecule has 2 aromatic rings.